The summed E-state index contributed by atoms with van der Waals surface area (Å²) in [6.07, 6.45) is -4.76. The summed E-state index contributed by atoms with van der Waals surface area (Å²) in [6, 6.07) is 8.75. The third-order valence-electron chi connectivity index (χ3n) is 8.70. The highest BCUT2D eigenvalue weighted by Gasteiger charge is 2.51. The maximum atomic E-state index is 13.7. The molecule has 0 aromatic heterocycles. The number of nitrogens with zero attached hydrogens (tertiary/aromatic N) is 5. The molecule has 0 radical (unpaired) electrons. The molecule has 2 atom stereocenters. The first-order chi connectivity index (χ1) is 23.4. The van der Waals surface area contributed by atoms with Gasteiger partial charge in [0.15, 0.2) is 5.11 Å². The fourth-order valence-corrected chi connectivity index (χ4v) is 6.57. The number of amides is 1. The molecule has 0 spiro atoms. The lowest BCUT2D eigenvalue weighted by Gasteiger charge is -2.37. The summed E-state index contributed by atoms with van der Waals surface area (Å²) in [7, 11) is 1.17. The smallest absolute Gasteiger partial charge is 0.417 e. The largest absolute Gasteiger partial charge is 0.491 e. The van der Waals surface area contributed by atoms with Gasteiger partial charge in [-0.2, -0.15) is 18.4 Å². The number of ether oxygens (including phenoxy) is 3. The standard InChI is InChI=1S/C33H36Cl2F3N5O6S/c1-6-32(35,29(46)47-5)49-27(44)20(2)41-13-11-40(12-14-41)15-16-48-26-10-9-23(18-25(26)34)43-30(50)42(28(45)31(43,3)4)22-8-7-21(19-39)24(17-22)33(36,37)38/h7-10,17-18,20H,6,11-16H2,1-5H3. The highest BCUT2D eigenvalue weighted by molar-refractivity contribution is 7.81. The van der Waals surface area contributed by atoms with Crippen LogP contribution in [0.1, 0.15) is 45.2 Å². The number of carbonyl (C=O) groups is 3. The SMILES string of the molecule is CCC(Cl)(OC(=O)C(C)N1CCN(CCOc2ccc(N3C(=S)N(c4ccc(C#N)c(C(F)(F)F)c4)C(=O)C3(C)C)cc2Cl)CC1)C(=O)OC. The Morgan fingerprint density at radius 1 is 1.10 bits per heavy atom. The molecule has 2 aliphatic heterocycles. The number of methoxy groups -OCH3 is 1. The summed E-state index contributed by atoms with van der Waals surface area (Å²) in [5, 5.41) is 7.47. The average molecular weight is 759 g/mol. The highest BCUT2D eigenvalue weighted by Crippen LogP contribution is 2.41. The van der Waals surface area contributed by atoms with Gasteiger partial charge in [0.05, 0.1) is 35.0 Å². The van der Waals surface area contributed by atoms with Crippen LogP contribution in [-0.2, 0) is 30.0 Å². The minimum atomic E-state index is -4.81. The first kappa shape index (κ1) is 39.1. The molecule has 2 fully saturated rings. The van der Waals surface area contributed by atoms with Crippen molar-refractivity contribution in [2.24, 2.45) is 0 Å². The number of carbonyl (C=O) groups excluding carboxylic acids is 3. The lowest BCUT2D eigenvalue weighted by atomic mass is 10.0. The molecule has 2 aliphatic rings. The fourth-order valence-electron chi connectivity index (χ4n) is 5.67. The minimum absolute atomic E-state index is 0.0527. The monoisotopic (exact) mass is 757 g/mol. The molecular formula is C33H36Cl2F3N5O6S. The van der Waals surface area contributed by atoms with Crippen molar-refractivity contribution in [2.75, 3.05) is 56.2 Å². The highest BCUT2D eigenvalue weighted by atomic mass is 35.5. The number of thiocarbonyl (C=S) groups is 1. The number of alkyl halides is 4. The second-order valence-corrected chi connectivity index (χ2v) is 13.6. The van der Waals surface area contributed by atoms with Crippen LogP contribution < -0.4 is 14.5 Å². The van der Waals surface area contributed by atoms with E-state index in [0.717, 1.165) is 17.0 Å². The molecule has 1 amide bonds. The number of nitriles is 1. The molecule has 17 heteroatoms. The van der Waals surface area contributed by atoms with E-state index in [0.29, 0.717) is 50.8 Å². The Morgan fingerprint density at radius 2 is 1.74 bits per heavy atom. The molecule has 0 N–H and O–H groups in total. The molecule has 2 heterocycles. The molecule has 50 heavy (non-hydrogen) atoms. The minimum Gasteiger partial charge on any atom is -0.491 e. The molecule has 2 aromatic carbocycles. The summed E-state index contributed by atoms with van der Waals surface area (Å²) >= 11 is 18.4. The molecule has 2 unspecified atom stereocenters. The van der Waals surface area contributed by atoms with E-state index in [1.54, 1.807) is 45.9 Å². The Labute approximate surface area is 303 Å². The maximum absolute atomic E-state index is 13.7. The number of anilines is 2. The number of rotatable bonds is 11. The molecule has 0 aliphatic carbocycles. The molecule has 2 aromatic rings. The molecule has 4 rings (SSSR count). The summed E-state index contributed by atoms with van der Waals surface area (Å²) in [5.74, 6) is -1.64. The van der Waals surface area contributed by atoms with Crippen LogP contribution in [0.15, 0.2) is 36.4 Å². The van der Waals surface area contributed by atoms with Gasteiger partial charge in [-0.15, -0.1) is 0 Å². The number of benzene rings is 2. The quantitative estimate of drug-likeness (QED) is 0.162. The first-order valence-electron chi connectivity index (χ1n) is 15.6. The van der Waals surface area contributed by atoms with Crippen molar-refractivity contribution in [1.82, 2.24) is 9.80 Å². The van der Waals surface area contributed by atoms with Gasteiger partial charge in [0.2, 0.25) is 0 Å². The number of hydrogen-bond acceptors (Lipinski definition) is 10. The molecule has 0 saturated carbocycles. The van der Waals surface area contributed by atoms with Gasteiger partial charge in [0, 0.05) is 44.8 Å². The van der Waals surface area contributed by atoms with E-state index in [-0.39, 0.29) is 22.2 Å². The second-order valence-electron chi connectivity index (χ2n) is 12.2. The van der Waals surface area contributed by atoms with Gasteiger partial charge in [0.25, 0.3) is 11.0 Å². The number of piperazine rings is 1. The molecule has 11 nitrogen and oxygen atoms in total. The van der Waals surface area contributed by atoms with E-state index in [9.17, 15) is 27.6 Å². The Balaban J connectivity index is 1.36. The van der Waals surface area contributed by atoms with Crippen molar-refractivity contribution >= 4 is 69.8 Å². The maximum Gasteiger partial charge on any atom is 0.417 e. The van der Waals surface area contributed by atoms with Crippen LogP contribution in [0.3, 0.4) is 0 Å². The van der Waals surface area contributed by atoms with E-state index >= 15 is 0 Å². The van der Waals surface area contributed by atoms with Gasteiger partial charge < -0.3 is 19.1 Å². The topological polar surface area (TPSA) is 116 Å². The van der Waals surface area contributed by atoms with Crippen molar-refractivity contribution < 1.29 is 41.8 Å². The number of hydrogen-bond donors (Lipinski definition) is 0. The van der Waals surface area contributed by atoms with E-state index in [4.69, 9.17) is 50.2 Å². The van der Waals surface area contributed by atoms with Gasteiger partial charge in [-0.3, -0.25) is 24.3 Å². The van der Waals surface area contributed by atoms with Crippen molar-refractivity contribution in [3.05, 3.63) is 52.5 Å². The van der Waals surface area contributed by atoms with Crippen molar-refractivity contribution in [3.63, 3.8) is 0 Å². The molecular weight excluding hydrogens is 722 g/mol. The lowest BCUT2D eigenvalue weighted by Crippen LogP contribution is -2.53. The molecule has 270 valence electrons. The van der Waals surface area contributed by atoms with E-state index in [1.165, 1.54) is 24.1 Å². The van der Waals surface area contributed by atoms with E-state index in [2.05, 4.69) is 9.64 Å². The predicted octanol–water partition coefficient (Wildman–Crippen LogP) is 5.59. The summed E-state index contributed by atoms with van der Waals surface area (Å²) < 4.78 is 56.9. The van der Waals surface area contributed by atoms with Crippen molar-refractivity contribution in [2.45, 2.75) is 56.9 Å². The zero-order chi connectivity index (χ0) is 37.2. The van der Waals surface area contributed by atoms with Gasteiger partial charge in [-0.05, 0) is 69.4 Å². The van der Waals surface area contributed by atoms with Gasteiger partial charge >= 0.3 is 18.1 Å². The lowest BCUT2D eigenvalue weighted by molar-refractivity contribution is -0.174. The predicted molar refractivity (Wildman–Crippen MR) is 184 cm³/mol. The third-order valence-corrected chi connectivity index (χ3v) is 9.86. The Morgan fingerprint density at radius 3 is 2.30 bits per heavy atom. The third kappa shape index (κ3) is 7.94. The van der Waals surface area contributed by atoms with Crippen LogP contribution in [-0.4, -0.2) is 95.8 Å². The summed E-state index contributed by atoms with van der Waals surface area (Å²) in [6.45, 7) is 9.75. The van der Waals surface area contributed by atoms with Crippen LogP contribution >= 0.6 is 35.4 Å². The summed E-state index contributed by atoms with van der Waals surface area (Å²) in [5.41, 5.74) is -2.71. The molecule has 2 saturated heterocycles. The number of halogens is 5. The average Bonchev–Trinajstić information content (AvgIpc) is 3.26. The summed E-state index contributed by atoms with van der Waals surface area (Å²) in [4.78, 5) is 44.8. The normalized spacial score (nSPS) is 18.7. The zero-order valence-corrected chi connectivity index (χ0v) is 30.3. The van der Waals surface area contributed by atoms with Crippen LogP contribution in [0.2, 0.25) is 5.02 Å². The first-order valence-corrected chi connectivity index (χ1v) is 16.7. The van der Waals surface area contributed by atoms with Crippen molar-refractivity contribution in [1.29, 1.82) is 5.26 Å². The van der Waals surface area contributed by atoms with Crippen LogP contribution in [0.25, 0.3) is 0 Å². The van der Waals surface area contributed by atoms with E-state index in [1.807, 2.05) is 4.90 Å². The second kappa shape index (κ2) is 15.3. The molecule has 0 bridgehead atoms. The van der Waals surface area contributed by atoms with Gasteiger partial charge in [0.1, 0.15) is 23.9 Å². The van der Waals surface area contributed by atoms with Crippen LogP contribution in [0.5, 0.6) is 5.75 Å². The Bertz CT molecular complexity index is 1700. The number of esters is 2. The van der Waals surface area contributed by atoms with Crippen molar-refractivity contribution in [3.8, 4) is 11.8 Å². The fraction of sp³-hybridized carbons (Fsp3) is 0.485. The zero-order valence-electron chi connectivity index (χ0n) is 28.0. The van der Waals surface area contributed by atoms with Gasteiger partial charge in [-0.25, -0.2) is 4.79 Å². The Kier molecular flexibility index (Phi) is 12.0. The van der Waals surface area contributed by atoms with Crippen LogP contribution in [0.4, 0.5) is 24.5 Å². The van der Waals surface area contributed by atoms with Gasteiger partial charge in [-0.1, -0.05) is 30.1 Å². The van der Waals surface area contributed by atoms with Crippen LogP contribution in [0, 0.1) is 11.3 Å². The Hall–Kier alpha value is -3.68. The van der Waals surface area contributed by atoms with E-state index < -0.39 is 51.8 Å².